The second kappa shape index (κ2) is 1.64. The van der Waals surface area contributed by atoms with Gasteiger partial charge < -0.3 is 14.5 Å². The zero-order valence-electron chi connectivity index (χ0n) is 5.36. The maximum Gasteiger partial charge on any atom is 0.359 e. The molecule has 1 saturated carbocycles. The molecule has 1 aliphatic carbocycles. The van der Waals surface area contributed by atoms with E-state index in [1.54, 1.807) is 0 Å². The van der Waals surface area contributed by atoms with Crippen LogP contribution in [0.4, 0.5) is 0 Å². The van der Waals surface area contributed by atoms with Crippen LogP contribution in [0.25, 0.3) is 0 Å². The van der Waals surface area contributed by atoms with Crippen LogP contribution in [0.5, 0.6) is 0 Å². The lowest BCUT2D eigenvalue weighted by Crippen LogP contribution is -2.09. The molecule has 1 heterocycles. The Bertz CT molecular complexity index is 210. The van der Waals surface area contributed by atoms with E-state index < -0.39 is 12.9 Å². The van der Waals surface area contributed by atoms with E-state index >= 15 is 0 Å². The third kappa shape index (κ3) is 0.650. The van der Waals surface area contributed by atoms with E-state index in [1.807, 2.05) is 0 Å². The average molecular weight is 164 g/mol. The molecular weight excluding hydrogens is 155 g/mol. The monoisotopic (exact) mass is 164 g/mol. The first-order valence-electron chi connectivity index (χ1n) is 3.30. The Morgan fingerprint density at radius 3 is 2.50 bits per heavy atom. The van der Waals surface area contributed by atoms with Crippen LogP contribution in [0.2, 0.25) is 0 Å². The quantitative estimate of drug-likeness (QED) is 0.435. The Balaban J connectivity index is 2.26. The predicted molar refractivity (Wildman–Crippen MR) is 33.5 cm³/mol. The van der Waals surface area contributed by atoms with Crippen LogP contribution in [0.3, 0.4) is 0 Å². The normalized spacial score (nSPS) is 45.2. The Morgan fingerprint density at radius 1 is 1.60 bits per heavy atom. The number of ether oxygens (including phenoxy) is 1. The van der Waals surface area contributed by atoms with Crippen molar-refractivity contribution in [3.63, 3.8) is 0 Å². The van der Waals surface area contributed by atoms with Crippen LogP contribution in [0.1, 0.15) is 19.3 Å². The summed E-state index contributed by atoms with van der Waals surface area (Å²) in [5.41, 5.74) is 0. The first kappa shape index (κ1) is 6.80. The van der Waals surface area contributed by atoms with Crippen molar-refractivity contribution >= 4 is 7.60 Å². The van der Waals surface area contributed by atoms with E-state index in [4.69, 9.17) is 14.5 Å². The van der Waals surface area contributed by atoms with E-state index in [0.29, 0.717) is 6.42 Å². The molecule has 0 aromatic rings. The molecule has 1 aliphatic heterocycles. The molecular formula is C5H9O4P. The first-order valence-corrected chi connectivity index (χ1v) is 4.91. The third-order valence-electron chi connectivity index (χ3n) is 2.29. The number of fused-ring (bicyclic) bond motifs is 1. The van der Waals surface area contributed by atoms with Gasteiger partial charge in [0, 0.05) is 0 Å². The highest BCUT2D eigenvalue weighted by molar-refractivity contribution is 7.53. The third-order valence-corrected chi connectivity index (χ3v) is 3.89. The molecule has 0 bridgehead atoms. The largest absolute Gasteiger partial charge is 0.359 e. The smallest absolute Gasteiger partial charge is 0.353 e. The first-order chi connectivity index (χ1) is 4.56. The van der Waals surface area contributed by atoms with E-state index in [-0.39, 0.29) is 6.10 Å². The Hall–Kier alpha value is 0.110. The molecule has 0 spiro atoms. The van der Waals surface area contributed by atoms with Crippen LogP contribution in [0, 0.1) is 0 Å². The minimum absolute atomic E-state index is 0.145. The van der Waals surface area contributed by atoms with Crippen molar-refractivity contribution in [3.8, 4) is 0 Å². The summed E-state index contributed by atoms with van der Waals surface area (Å²) in [7, 11) is -3.97. The van der Waals surface area contributed by atoms with E-state index in [9.17, 15) is 4.57 Å². The van der Waals surface area contributed by atoms with Gasteiger partial charge in [-0.1, -0.05) is 0 Å². The lowest BCUT2D eigenvalue weighted by Gasteiger charge is -2.09. The van der Waals surface area contributed by atoms with Gasteiger partial charge in [0.2, 0.25) is 0 Å². The van der Waals surface area contributed by atoms with Gasteiger partial charge in [-0.2, -0.15) is 0 Å². The van der Waals surface area contributed by atoms with Crippen molar-refractivity contribution in [2.45, 2.75) is 30.7 Å². The molecule has 58 valence electrons. The molecule has 2 fully saturated rings. The molecule has 2 unspecified atom stereocenters. The average Bonchev–Trinajstić information content (AvgIpc) is 2.36. The molecule has 0 radical (unpaired) electrons. The molecule has 0 aromatic carbocycles. The predicted octanol–water partition coefficient (Wildman–Crippen LogP) is 0.443. The topological polar surface area (TPSA) is 70.1 Å². The standard InChI is InChI=1S/C5H9O4P/c6-10(7,8)5-3-1-2-4(5)9-5/h4H,1-3H2,(H2,6,7,8). The minimum atomic E-state index is -3.97. The van der Waals surface area contributed by atoms with Crippen LogP contribution >= 0.6 is 7.60 Å². The van der Waals surface area contributed by atoms with Crippen LogP contribution in [-0.4, -0.2) is 21.2 Å². The lowest BCUT2D eigenvalue weighted by atomic mass is 10.4. The zero-order valence-corrected chi connectivity index (χ0v) is 6.25. The zero-order chi connectivity index (χ0) is 7.41. The summed E-state index contributed by atoms with van der Waals surface area (Å²) in [6.45, 7) is 0. The Kier molecular flexibility index (Phi) is 1.12. The summed E-state index contributed by atoms with van der Waals surface area (Å²) in [5, 5.41) is -1.03. The van der Waals surface area contributed by atoms with Gasteiger partial charge >= 0.3 is 7.60 Å². The van der Waals surface area contributed by atoms with Crippen molar-refractivity contribution in [1.29, 1.82) is 0 Å². The molecule has 2 atom stereocenters. The highest BCUT2D eigenvalue weighted by atomic mass is 31.2. The highest BCUT2D eigenvalue weighted by Crippen LogP contribution is 2.69. The van der Waals surface area contributed by atoms with Crippen molar-refractivity contribution in [2.24, 2.45) is 0 Å². The van der Waals surface area contributed by atoms with Gasteiger partial charge in [0.05, 0.1) is 6.10 Å². The van der Waals surface area contributed by atoms with E-state index in [2.05, 4.69) is 0 Å². The fraction of sp³-hybridized carbons (Fsp3) is 1.00. The number of hydrogen-bond donors (Lipinski definition) is 2. The molecule has 10 heavy (non-hydrogen) atoms. The second-order valence-electron chi connectivity index (χ2n) is 2.89. The van der Waals surface area contributed by atoms with Crippen LogP contribution < -0.4 is 0 Å². The van der Waals surface area contributed by atoms with E-state index in [1.165, 1.54) is 0 Å². The molecule has 2 N–H and O–H groups in total. The second-order valence-corrected chi connectivity index (χ2v) is 4.73. The van der Waals surface area contributed by atoms with Crippen molar-refractivity contribution < 1.29 is 19.1 Å². The maximum atomic E-state index is 10.8. The number of hydrogen-bond acceptors (Lipinski definition) is 2. The van der Waals surface area contributed by atoms with E-state index in [0.717, 1.165) is 12.8 Å². The fourth-order valence-electron chi connectivity index (χ4n) is 1.66. The van der Waals surface area contributed by atoms with Gasteiger partial charge in [-0.15, -0.1) is 0 Å². The summed E-state index contributed by atoms with van der Waals surface area (Å²) >= 11 is 0. The summed E-state index contributed by atoms with van der Waals surface area (Å²) in [4.78, 5) is 17.6. The van der Waals surface area contributed by atoms with Gasteiger partial charge in [0.1, 0.15) is 0 Å². The molecule has 5 heteroatoms. The summed E-state index contributed by atoms with van der Waals surface area (Å²) in [6.07, 6.45) is 2.08. The van der Waals surface area contributed by atoms with Crippen LogP contribution in [0.15, 0.2) is 0 Å². The molecule has 1 saturated heterocycles. The Morgan fingerprint density at radius 2 is 2.30 bits per heavy atom. The van der Waals surface area contributed by atoms with Gasteiger partial charge in [0.15, 0.2) is 5.34 Å². The number of rotatable bonds is 1. The molecule has 2 rings (SSSR count). The Labute approximate surface area is 58.4 Å². The number of epoxide rings is 1. The van der Waals surface area contributed by atoms with Gasteiger partial charge in [-0.3, -0.25) is 4.57 Å². The molecule has 2 aliphatic rings. The summed E-state index contributed by atoms with van der Waals surface area (Å²) < 4.78 is 15.7. The minimum Gasteiger partial charge on any atom is -0.353 e. The van der Waals surface area contributed by atoms with Gasteiger partial charge in [-0.25, -0.2) is 0 Å². The van der Waals surface area contributed by atoms with Gasteiger partial charge in [-0.05, 0) is 19.3 Å². The maximum absolute atomic E-state index is 10.8. The van der Waals surface area contributed by atoms with Gasteiger partial charge in [0.25, 0.3) is 0 Å². The lowest BCUT2D eigenvalue weighted by molar-refractivity contribution is 0.255. The van der Waals surface area contributed by atoms with Crippen LogP contribution in [-0.2, 0) is 9.30 Å². The summed E-state index contributed by atoms with van der Waals surface area (Å²) in [6, 6.07) is 0. The molecule has 0 aromatic heterocycles. The highest BCUT2D eigenvalue weighted by Gasteiger charge is 2.70. The van der Waals surface area contributed by atoms with Crippen molar-refractivity contribution in [3.05, 3.63) is 0 Å². The molecule has 4 nitrogen and oxygen atoms in total. The summed E-state index contributed by atoms with van der Waals surface area (Å²) in [5.74, 6) is 0. The molecule has 0 amide bonds. The SMILES string of the molecule is O=P(O)(O)C12CCCC1O2. The fourth-order valence-corrected chi connectivity index (χ4v) is 2.88. The van der Waals surface area contributed by atoms with Crippen molar-refractivity contribution in [1.82, 2.24) is 0 Å². The van der Waals surface area contributed by atoms with Crippen molar-refractivity contribution in [2.75, 3.05) is 0 Å².